The largest absolute Gasteiger partial charge is 0.497 e. The number of anilines is 1. The topological polar surface area (TPSA) is 110 Å². The quantitative estimate of drug-likeness (QED) is 0.319. The number of nitrogens with zero attached hydrogens (tertiary/aromatic N) is 4. The fourth-order valence-corrected chi connectivity index (χ4v) is 4.06. The number of aromatic nitrogens is 4. The minimum Gasteiger partial charge on any atom is -0.497 e. The van der Waals surface area contributed by atoms with E-state index in [2.05, 4.69) is 20.5 Å². The molecule has 0 aliphatic heterocycles. The van der Waals surface area contributed by atoms with Crippen molar-refractivity contribution in [1.29, 1.82) is 0 Å². The highest BCUT2D eigenvalue weighted by Crippen LogP contribution is 2.30. The van der Waals surface area contributed by atoms with Crippen molar-refractivity contribution in [2.75, 3.05) is 33.3 Å². The van der Waals surface area contributed by atoms with Crippen molar-refractivity contribution in [3.63, 3.8) is 0 Å². The fraction of sp³-hybridized carbons (Fsp3) is 0.185. The molecule has 0 fully saturated rings. The molecule has 37 heavy (non-hydrogen) atoms. The normalized spacial score (nSPS) is 10.9. The first-order valence-corrected chi connectivity index (χ1v) is 11.5. The molecule has 0 spiro atoms. The lowest BCUT2D eigenvalue weighted by atomic mass is 10.2. The first-order chi connectivity index (χ1) is 18.1. The Morgan fingerprint density at radius 2 is 1.68 bits per heavy atom. The molecular weight excluding hydrogens is 474 g/mol. The maximum absolute atomic E-state index is 12.9. The maximum atomic E-state index is 12.9. The number of fused-ring (bicyclic) bond motifs is 3. The number of amides is 1. The molecule has 10 heteroatoms. The van der Waals surface area contributed by atoms with E-state index in [1.165, 1.54) is 14.2 Å². The number of hydrogen-bond acceptors (Lipinski definition) is 8. The predicted molar refractivity (Wildman–Crippen MR) is 139 cm³/mol. The molecule has 1 amide bonds. The molecule has 1 N–H and O–H groups in total. The fourth-order valence-electron chi connectivity index (χ4n) is 4.06. The average molecular weight is 500 g/mol. The van der Waals surface area contributed by atoms with Crippen molar-refractivity contribution in [2.45, 2.75) is 6.54 Å². The molecule has 0 radical (unpaired) electrons. The van der Waals surface area contributed by atoms with Crippen LogP contribution in [-0.2, 0) is 6.54 Å². The van der Waals surface area contributed by atoms with Crippen LogP contribution in [0.1, 0.15) is 10.4 Å². The number of para-hydroxylation sites is 1. The molecule has 3 aromatic carbocycles. The average Bonchev–Trinajstić information content (AvgIpc) is 3.25. The van der Waals surface area contributed by atoms with Crippen LogP contribution in [0.15, 0.2) is 66.7 Å². The van der Waals surface area contributed by atoms with Crippen molar-refractivity contribution >= 4 is 33.9 Å². The summed E-state index contributed by atoms with van der Waals surface area (Å²) in [5.74, 6) is 2.11. The first kappa shape index (κ1) is 23.9. The van der Waals surface area contributed by atoms with Gasteiger partial charge in [-0.2, -0.15) is 4.98 Å². The molecular formula is C27H25N5O5. The molecule has 0 aliphatic carbocycles. The van der Waals surface area contributed by atoms with E-state index in [4.69, 9.17) is 18.9 Å². The third-order valence-electron chi connectivity index (χ3n) is 5.87. The van der Waals surface area contributed by atoms with Gasteiger partial charge in [0.1, 0.15) is 23.6 Å². The lowest BCUT2D eigenvalue weighted by Gasteiger charge is -2.10. The Labute approximate surface area is 212 Å². The summed E-state index contributed by atoms with van der Waals surface area (Å²) in [5.41, 5.74) is 2.43. The van der Waals surface area contributed by atoms with Gasteiger partial charge in [0.15, 0.2) is 17.1 Å². The summed E-state index contributed by atoms with van der Waals surface area (Å²) < 4.78 is 23.9. The van der Waals surface area contributed by atoms with Crippen LogP contribution < -0.4 is 24.3 Å². The smallest absolute Gasteiger partial charge is 0.258 e. The number of rotatable bonds is 9. The highest BCUT2D eigenvalue weighted by atomic mass is 16.5. The van der Waals surface area contributed by atoms with Crippen molar-refractivity contribution < 1.29 is 23.7 Å². The summed E-state index contributed by atoms with van der Waals surface area (Å²) in [6.45, 7) is 0.912. The van der Waals surface area contributed by atoms with Gasteiger partial charge in [0, 0.05) is 10.9 Å². The Hall–Kier alpha value is -4.86. The van der Waals surface area contributed by atoms with Crippen LogP contribution in [0.25, 0.3) is 22.1 Å². The van der Waals surface area contributed by atoms with Gasteiger partial charge in [-0.15, -0.1) is 10.2 Å². The Bertz CT molecular complexity index is 1570. The molecule has 5 rings (SSSR count). The molecule has 0 saturated carbocycles. The van der Waals surface area contributed by atoms with E-state index in [9.17, 15) is 4.79 Å². The molecule has 0 saturated heterocycles. The summed E-state index contributed by atoms with van der Waals surface area (Å²) in [6.07, 6.45) is 0. The second-order valence-corrected chi connectivity index (χ2v) is 8.03. The third-order valence-corrected chi connectivity index (χ3v) is 5.87. The van der Waals surface area contributed by atoms with E-state index >= 15 is 0 Å². The van der Waals surface area contributed by atoms with E-state index in [-0.39, 0.29) is 5.95 Å². The number of carbonyl (C=O) groups excluding carboxylic acids is 1. The van der Waals surface area contributed by atoms with Crippen molar-refractivity contribution in [3.05, 3.63) is 72.3 Å². The van der Waals surface area contributed by atoms with Gasteiger partial charge in [-0.3, -0.25) is 10.1 Å². The molecule has 188 valence electrons. The number of ether oxygens (including phenoxy) is 4. The van der Waals surface area contributed by atoms with Crippen LogP contribution in [0.3, 0.4) is 0 Å². The van der Waals surface area contributed by atoms with E-state index in [1.807, 2.05) is 53.1 Å². The van der Waals surface area contributed by atoms with Crippen LogP contribution in [0, 0.1) is 0 Å². The van der Waals surface area contributed by atoms with Gasteiger partial charge >= 0.3 is 0 Å². The van der Waals surface area contributed by atoms with Gasteiger partial charge in [0.05, 0.1) is 33.4 Å². The Morgan fingerprint density at radius 3 is 2.43 bits per heavy atom. The highest BCUT2D eigenvalue weighted by molar-refractivity contribution is 6.06. The van der Waals surface area contributed by atoms with Crippen molar-refractivity contribution in [1.82, 2.24) is 19.7 Å². The van der Waals surface area contributed by atoms with Crippen LogP contribution in [0.5, 0.6) is 23.0 Å². The molecule has 0 bridgehead atoms. The zero-order valence-corrected chi connectivity index (χ0v) is 20.6. The second-order valence-electron chi connectivity index (χ2n) is 8.03. The summed E-state index contributed by atoms with van der Waals surface area (Å²) in [6, 6.07) is 20.2. The van der Waals surface area contributed by atoms with Gasteiger partial charge in [-0.1, -0.05) is 18.2 Å². The standard InChI is InChI=1S/C27H25N5O5/c1-34-19-10-11-21-20(16-19)24-25(32(21)13-14-37-18-7-5-4-6-8-18)28-27(31-30-24)29-26(33)17-9-12-22(35-2)23(15-17)36-3/h4-12,15-16H,13-14H2,1-3H3,(H,28,29,31,33). The second kappa shape index (κ2) is 10.4. The monoisotopic (exact) mass is 499 g/mol. The van der Waals surface area contributed by atoms with Gasteiger partial charge in [0.25, 0.3) is 11.9 Å². The molecule has 10 nitrogen and oxygen atoms in total. The lowest BCUT2D eigenvalue weighted by molar-refractivity contribution is 0.102. The number of benzene rings is 3. The van der Waals surface area contributed by atoms with Gasteiger partial charge in [0.2, 0.25) is 0 Å². The van der Waals surface area contributed by atoms with E-state index in [0.717, 1.165) is 16.7 Å². The number of nitrogens with one attached hydrogen (secondary N) is 1. The summed E-state index contributed by atoms with van der Waals surface area (Å²) in [4.78, 5) is 17.6. The van der Waals surface area contributed by atoms with Crippen molar-refractivity contribution in [3.8, 4) is 23.0 Å². The minimum atomic E-state index is -0.404. The molecule has 0 atom stereocenters. The Morgan fingerprint density at radius 1 is 0.865 bits per heavy atom. The van der Waals surface area contributed by atoms with E-state index < -0.39 is 5.91 Å². The van der Waals surface area contributed by atoms with Crippen LogP contribution in [0.2, 0.25) is 0 Å². The van der Waals surface area contributed by atoms with E-state index in [0.29, 0.717) is 47.1 Å². The van der Waals surface area contributed by atoms with Gasteiger partial charge in [-0.25, -0.2) is 0 Å². The summed E-state index contributed by atoms with van der Waals surface area (Å²) in [7, 11) is 4.65. The summed E-state index contributed by atoms with van der Waals surface area (Å²) in [5, 5.41) is 12.1. The molecule has 0 aliphatic rings. The van der Waals surface area contributed by atoms with Crippen LogP contribution in [-0.4, -0.2) is 53.6 Å². The molecule has 5 aromatic rings. The minimum absolute atomic E-state index is 0.0762. The maximum Gasteiger partial charge on any atom is 0.258 e. The van der Waals surface area contributed by atoms with Gasteiger partial charge < -0.3 is 23.5 Å². The lowest BCUT2D eigenvalue weighted by Crippen LogP contribution is -2.15. The zero-order valence-electron chi connectivity index (χ0n) is 20.6. The van der Waals surface area contributed by atoms with E-state index in [1.54, 1.807) is 25.3 Å². The van der Waals surface area contributed by atoms with Gasteiger partial charge in [-0.05, 0) is 48.5 Å². The third kappa shape index (κ3) is 4.81. The SMILES string of the molecule is COc1ccc2c(c1)c1nnc(NC(=O)c3ccc(OC)c(OC)c3)nc1n2CCOc1ccccc1. The number of hydrogen-bond donors (Lipinski definition) is 1. The Balaban J connectivity index is 1.47. The Kier molecular flexibility index (Phi) is 6.71. The molecule has 2 heterocycles. The van der Waals surface area contributed by atoms with Crippen molar-refractivity contribution in [2.24, 2.45) is 0 Å². The van der Waals surface area contributed by atoms with Crippen LogP contribution >= 0.6 is 0 Å². The number of methoxy groups -OCH3 is 3. The molecule has 0 unspecified atom stereocenters. The summed E-state index contributed by atoms with van der Waals surface area (Å²) >= 11 is 0. The highest BCUT2D eigenvalue weighted by Gasteiger charge is 2.18. The predicted octanol–water partition coefficient (Wildman–Crippen LogP) is 4.34. The number of carbonyl (C=O) groups is 1. The first-order valence-electron chi connectivity index (χ1n) is 11.5. The zero-order chi connectivity index (χ0) is 25.8. The molecule has 2 aromatic heterocycles. The van der Waals surface area contributed by atoms with Crippen LogP contribution in [0.4, 0.5) is 5.95 Å².